The minimum Gasteiger partial charge on any atom is -0.307 e. The maximum Gasteiger partial charge on any atom is 0.0454 e. The maximum absolute atomic E-state index is 6.19. The van der Waals surface area contributed by atoms with Gasteiger partial charge in [0.25, 0.3) is 0 Å². The molecule has 0 fully saturated rings. The summed E-state index contributed by atoms with van der Waals surface area (Å²) in [4.78, 5) is 0. The first-order valence-corrected chi connectivity index (χ1v) is 6.92. The molecule has 0 aliphatic heterocycles. The second-order valence-electron chi connectivity index (χ2n) is 4.73. The van der Waals surface area contributed by atoms with Gasteiger partial charge in [0.15, 0.2) is 0 Å². The molecule has 1 aromatic rings. The van der Waals surface area contributed by atoms with Crippen molar-refractivity contribution in [2.24, 2.45) is 5.92 Å². The van der Waals surface area contributed by atoms with E-state index in [-0.39, 0.29) is 6.04 Å². The molecule has 0 aromatic heterocycles. The molecular formula is C14H21Cl2N. The first-order chi connectivity index (χ1) is 7.95. The van der Waals surface area contributed by atoms with Crippen molar-refractivity contribution in [3.63, 3.8) is 0 Å². The second-order valence-corrected chi connectivity index (χ2v) is 5.57. The van der Waals surface area contributed by atoms with Crippen LogP contribution < -0.4 is 5.32 Å². The van der Waals surface area contributed by atoms with Crippen LogP contribution in [0, 0.1) is 5.92 Å². The predicted molar refractivity (Wildman–Crippen MR) is 76.9 cm³/mol. The third-order valence-corrected chi connectivity index (χ3v) is 4.01. The zero-order chi connectivity index (χ0) is 13.0. The molecule has 0 bridgehead atoms. The maximum atomic E-state index is 6.19. The molecule has 1 N–H and O–H groups in total. The van der Waals surface area contributed by atoms with Gasteiger partial charge in [-0.05, 0) is 43.5 Å². The first-order valence-electron chi connectivity index (χ1n) is 6.16. The van der Waals surface area contributed by atoms with Gasteiger partial charge < -0.3 is 5.32 Å². The van der Waals surface area contributed by atoms with Crippen LogP contribution in [0.5, 0.6) is 0 Å². The smallest absolute Gasteiger partial charge is 0.0454 e. The van der Waals surface area contributed by atoms with Gasteiger partial charge in [-0.1, -0.05) is 43.5 Å². The Bertz CT molecular complexity index is 365. The van der Waals surface area contributed by atoms with E-state index in [2.05, 4.69) is 33.0 Å². The van der Waals surface area contributed by atoms with Gasteiger partial charge in [-0.15, -0.1) is 0 Å². The van der Waals surface area contributed by atoms with Crippen LogP contribution in [0.25, 0.3) is 0 Å². The molecule has 0 aliphatic carbocycles. The Morgan fingerprint density at radius 3 is 2.41 bits per heavy atom. The van der Waals surface area contributed by atoms with Crippen LogP contribution in [0.4, 0.5) is 0 Å². The molecule has 0 heterocycles. The Kier molecular flexibility index (Phi) is 5.78. The number of hydrogen-bond acceptors (Lipinski definition) is 1. The van der Waals surface area contributed by atoms with E-state index >= 15 is 0 Å². The van der Waals surface area contributed by atoms with E-state index in [1.165, 1.54) is 6.42 Å². The minimum absolute atomic E-state index is 0.213. The highest BCUT2D eigenvalue weighted by Crippen LogP contribution is 2.27. The molecule has 0 saturated carbocycles. The molecule has 96 valence electrons. The SMILES string of the molecule is CCC(C)C(C)NC(C)c1cc(Cl)ccc1Cl. The van der Waals surface area contributed by atoms with E-state index in [1.54, 1.807) is 0 Å². The summed E-state index contributed by atoms with van der Waals surface area (Å²) >= 11 is 12.2. The molecule has 1 aromatic carbocycles. The van der Waals surface area contributed by atoms with Crippen molar-refractivity contribution in [1.29, 1.82) is 0 Å². The Hall–Kier alpha value is -0.240. The number of nitrogens with one attached hydrogen (secondary N) is 1. The summed E-state index contributed by atoms with van der Waals surface area (Å²) in [6, 6.07) is 6.28. The molecule has 1 rings (SSSR count). The Balaban J connectivity index is 2.75. The average Bonchev–Trinajstić information content (AvgIpc) is 2.30. The van der Waals surface area contributed by atoms with E-state index in [0.29, 0.717) is 12.0 Å². The highest BCUT2D eigenvalue weighted by Gasteiger charge is 2.16. The zero-order valence-electron chi connectivity index (χ0n) is 10.9. The summed E-state index contributed by atoms with van der Waals surface area (Å²) < 4.78 is 0. The second kappa shape index (κ2) is 6.63. The molecule has 0 amide bonds. The van der Waals surface area contributed by atoms with Crippen molar-refractivity contribution in [1.82, 2.24) is 5.32 Å². The van der Waals surface area contributed by atoms with Crippen molar-refractivity contribution in [2.45, 2.75) is 46.2 Å². The Labute approximate surface area is 115 Å². The van der Waals surface area contributed by atoms with Gasteiger partial charge in [0.2, 0.25) is 0 Å². The lowest BCUT2D eigenvalue weighted by atomic mass is 9.99. The van der Waals surface area contributed by atoms with Crippen molar-refractivity contribution in [3.05, 3.63) is 33.8 Å². The van der Waals surface area contributed by atoms with Crippen LogP contribution in [0.1, 0.15) is 45.7 Å². The van der Waals surface area contributed by atoms with Crippen LogP contribution in [0.3, 0.4) is 0 Å². The van der Waals surface area contributed by atoms with Crippen molar-refractivity contribution in [2.75, 3.05) is 0 Å². The standard InChI is InChI=1S/C14H21Cl2N/c1-5-9(2)10(3)17-11(4)13-8-12(15)6-7-14(13)16/h6-11,17H,5H2,1-4H3. The third-order valence-electron chi connectivity index (χ3n) is 3.43. The van der Waals surface area contributed by atoms with Crippen molar-refractivity contribution >= 4 is 23.2 Å². The average molecular weight is 274 g/mol. The first kappa shape index (κ1) is 14.8. The highest BCUT2D eigenvalue weighted by molar-refractivity contribution is 6.33. The van der Waals surface area contributed by atoms with Crippen molar-refractivity contribution in [3.8, 4) is 0 Å². The van der Waals surface area contributed by atoms with Gasteiger partial charge in [0.05, 0.1) is 0 Å². The lowest BCUT2D eigenvalue weighted by Crippen LogP contribution is -2.34. The van der Waals surface area contributed by atoms with Gasteiger partial charge in [-0.3, -0.25) is 0 Å². The fourth-order valence-electron chi connectivity index (χ4n) is 1.85. The van der Waals surface area contributed by atoms with E-state index < -0.39 is 0 Å². The van der Waals surface area contributed by atoms with Gasteiger partial charge >= 0.3 is 0 Å². The number of hydrogen-bond donors (Lipinski definition) is 1. The van der Waals surface area contributed by atoms with Gasteiger partial charge in [0.1, 0.15) is 0 Å². The fraction of sp³-hybridized carbons (Fsp3) is 0.571. The van der Waals surface area contributed by atoms with Gasteiger partial charge in [0, 0.05) is 22.1 Å². The molecule has 0 saturated heterocycles. The van der Waals surface area contributed by atoms with Crippen LogP contribution in [-0.4, -0.2) is 6.04 Å². The summed E-state index contributed by atoms with van der Waals surface area (Å²) in [6.45, 7) is 8.80. The number of halogens is 2. The van der Waals surface area contributed by atoms with Crippen LogP contribution in [0.2, 0.25) is 10.0 Å². The molecule has 17 heavy (non-hydrogen) atoms. The van der Waals surface area contributed by atoms with Gasteiger partial charge in [-0.25, -0.2) is 0 Å². The van der Waals surface area contributed by atoms with Crippen molar-refractivity contribution < 1.29 is 0 Å². The van der Waals surface area contributed by atoms with E-state index in [1.807, 2.05) is 18.2 Å². The predicted octanol–water partition coefficient (Wildman–Crippen LogP) is 5.08. The minimum atomic E-state index is 0.213. The lowest BCUT2D eigenvalue weighted by Gasteiger charge is -2.25. The Morgan fingerprint density at radius 1 is 1.18 bits per heavy atom. The molecule has 3 heteroatoms. The summed E-state index contributed by atoms with van der Waals surface area (Å²) in [5.74, 6) is 0.649. The van der Waals surface area contributed by atoms with Crippen LogP contribution >= 0.6 is 23.2 Å². The summed E-state index contributed by atoms with van der Waals surface area (Å²) in [7, 11) is 0. The van der Waals surface area contributed by atoms with E-state index in [9.17, 15) is 0 Å². The molecule has 3 atom stereocenters. The highest BCUT2D eigenvalue weighted by atomic mass is 35.5. The van der Waals surface area contributed by atoms with Crippen LogP contribution in [-0.2, 0) is 0 Å². The molecule has 3 unspecified atom stereocenters. The van der Waals surface area contributed by atoms with Gasteiger partial charge in [-0.2, -0.15) is 0 Å². The normalized spacial score (nSPS) is 16.6. The van der Waals surface area contributed by atoms with Crippen LogP contribution in [0.15, 0.2) is 18.2 Å². The number of rotatable bonds is 5. The fourth-order valence-corrected chi connectivity index (χ4v) is 2.31. The summed E-state index contributed by atoms with van der Waals surface area (Å²) in [6.07, 6.45) is 1.17. The van der Waals surface area contributed by atoms with E-state index in [0.717, 1.165) is 15.6 Å². The molecule has 1 nitrogen and oxygen atoms in total. The zero-order valence-corrected chi connectivity index (χ0v) is 12.4. The largest absolute Gasteiger partial charge is 0.307 e. The Morgan fingerprint density at radius 2 is 1.82 bits per heavy atom. The monoisotopic (exact) mass is 273 g/mol. The quantitative estimate of drug-likeness (QED) is 0.789. The lowest BCUT2D eigenvalue weighted by molar-refractivity contribution is 0.360. The van der Waals surface area contributed by atoms with E-state index in [4.69, 9.17) is 23.2 Å². The number of benzene rings is 1. The molecule has 0 spiro atoms. The summed E-state index contributed by atoms with van der Waals surface area (Å²) in [5.41, 5.74) is 1.06. The third kappa shape index (κ3) is 4.17. The topological polar surface area (TPSA) is 12.0 Å². The molecule has 0 radical (unpaired) electrons. The molecule has 0 aliphatic rings. The molecular weight excluding hydrogens is 253 g/mol. The summed E-state index contributed by atoms with van der Waals surface area (Å²) in [5, 5.41) is 5.07.